The first-order chi connectivity index (χ1) is 19.8. The number of carbonyl (C=O) groups is 1. The zero-order valence-electron chi connectivity index (χ0n) is 26.3. The standard InChI is InChI=1S/C31H42F3N4O4S/c1-28(2,3)42-27(39)29(4,5)19-41-24-15-14-23(18-35-24)21-10-12-22(13-11-21)25-36-26(31(32,33)34)38(37-25)20-40-17-16-30(6,7)43(8)9/h10-15,18H,16-17,19-20H2,1-9H3/q+1. The van der Waals surface area contributed by atoms with Crippen LogP contribution in [0.5, 0.6) is 5.88 Å². The molecule has 3 aromatic rings. The Morgan fingerprint density at radius 3 is 2.05 bits per heavy atom. The maximum Gasteiger partial charge on any atom is 0.451 e. The number of halogens is 3. The van der Waals surface area contributed by atoms with Crippen LogP contribution in [-0.4, -0.2) is 61.8 Å². The van der Waals surface area contributed by atoms with Crippen molar-refractivity contribution >= 4 is 16.9 Å². The fourth-order valence-electron chi connectivity index (χ4n) is 3.61. The Hall–Kier alpha value is -3.12. The maximum atomic E-state index is 13.7. The monoisotopic (exact) mass is 623 g/mol. The Labute approximate surface area is 254 Å². The van der Waals surface area contributed by atoms with Gasteiger partial charge in [0.15, 0.2) is 5.82 Å². The van der Waals surface area contributed by atoms with Gasteiger partial charge in [-0.05, 0) is 71.0 Å². The minimum absolute atomic E-state index is 0.0314. The van der Waals surface area contributed by atoms with Crippen LogP contribution in [0.4, 0.5) is 13.2 Å². The molecule has 0 aliphatic heterocycles. The Morgan fingerprint density at radius 2 is 1.51 bits per heavy atom. The zero-order valence-corrected chi connectivity index (χ0v) is 27.2. The summed E-state index contributed by atoms with van der Waals surface area (Å²) in [4.78, 5) is 20.6. The number of rotatable bonds is 12. The molecular weight excluding hydrogens is 581 g/mol. The van der Waals surface area contributed by atoms with Gasteiger partial charge in [0, 0.05) is 29.8 Å². The van der Waals surface area contributed by atoms with Crippen LogP contribution in [0, 0.1) is 5.41 Å². The number of pyridine rings is 1. The predicted octanol–water partition coefficient (Wildman–Crippen LogP) is 6.79. The van der Waals surface area contributed by atoms with E-state index in [4.69, 9.17) is 14.2 Å². The van der Waals surface area contributed by atoms with Crippen LogP contribution in [0.2, 0.25) is 0 Å². The van der Waals surface area contributed by atoms with Crippen LogP contribution in [-0.2, 0) is 38.1 Å². The van der Waals surface area contributed by atoms with E-state index >= 15 is 0 Å². The number of alkyl halides is 3. The molecule has 0 saturated heterocycles. The summed E-state index contributed by atoms with van der Waals surface area (Å²) in [6.45, 7) is 13.2. The van der Waals surface area contributed by atoms with Gasteiger partial charge in [0.05, 0.1) is 24.5 Å². The summed E-state index contributed by atoms with van der Waals surface area (Å²) in [5, 5.41) is 4.10. The normalized spacial score (nSPS) is 13.0. The number of ether oxygens (including phenoxy) is 3. The Morgan fingerprint density at radius 1 is 0.907 bits per heavy atom. The molecule has 0 N–H and O–H groups in total. The van der Waals surface area contributed by atoms with Gasteiger partial charge in [-0.15, -0.1) is 5.10 Å². The molecule has 43 heavy (non-hydrogen) atoms. The van der Waals surface area contributed by atoms with Gasteiger partial charge < -0.3 is 14.2 Å². The van der Waals surface area contributed by atoms with Gasteiger partial charge in [-0.3, -0.25) is 4.79 Å². The van der Waals surface area contributed by atoms with E-state index in [0.717, 1.165) is 22.2 Å². The Balaban J connectivity index is 1.67. The topological polar surface area (TPSA) is 88.4 Å². The molecule has 0 bridgehead atoms. The van der Waals surface area contributed by atoms with E-state index in [1.165, 1.54) is 0 Å². The number of benzene rings is 1. The van der Waals surface area contributed by atoms with Crippen LogP contribution >= 0.6 is 0 Å². The minimum atomic E-state index is -4.68. The molecule has 8 nitrogen and oxygen atoms in total. The van der Waals surface area contributed by atoms with Crippen molar-refractivity contribution in [2.75, 3.05) is 25.7 Å². The lowest BCUT2D eigenvalue weighted by atomic mass is 9.94. The third-order valence-electron chi connectivity index (χ3n) is 6.84. The van der Waals surface area contributed by atoms with Crippen LogP contribution in [0.25, 0.3) is 22.5 Å². The molecular formula is C31H42F3N4O4S+. The van der Waals surface area contributed by atoms with E-state index in [0.29, 0.717) is 18.1 Å². The SMILES string of the molecule is C[S+](C)C(C)(C)CCOCn1nc(-c2ccc(-c3ccc(OCC(C)(C)C(=O)OC(C)(C)C)nc3)cc2)nc1C(F)(F)F. The van der Waals surface area contributed by atoms with Gasteiger partial charge in [0.1, 0.15) is 23.7 Å². The van der Waals surface area contributed by atoms with Gasteiger partial charge in [-0.2, -0.15) is 13.2 Å². The third kappa shape index (κ3) is 9.69. The summed E-state index contributed by atoms with van der Waals surface area (Å²) in [6.07, 6.45) is 1.94. The van der Waals surface area contributed by atoms with Crippen molar-refractivity contribution in [3.63, 3.8) is 0 Å². The second kappa shape index (κ2) is 13.3. The molecule has 2 heterocycles. The van der Waals surface area contributed by atoms with Crippen LogP contribution < -0.4 is 4.74 Å². The lowest BCUT2D eigenvalue weighted by Crippen LogP contribution is -2.37. The molecule has 0 atom stereocenters. The van der Waals surface area contributed by atoms with Crippen molar-refractivity contribution in [2.24, 2.45) is 5.41 Å². The Kier molecular flexibility index (Phi) is 10.6. The molecule has 236 valence electrons. The fraction of sp³-hybridized carbons (Fsp3) is 0.548. The summed E-state index contributed by atoms with van der Waals surface area (Å²) in [5.74, 6) is -1.16. The summed E-state index contributed by atoms with van der Waals surface area (Å²) in [6, 6.07) is 10.3. The lowest BCUT2D eigenvalue weighted by Gasteiger charge is -2.28. The molecule has 0 unspecified atom stereocenters. The van der Waals surface area contributed by atoms with E-state index in [1.807, 2.05) is 26.8 Å². The second-order valence-corrected chi connectivity index (χ2v) is 15.5. The highest BCUT2D eigenvalue weighted by atomic mass is 32.2. The molecule has 0 saturated carbocycles. The number of esters is 1. The van der Waals surface area contributed by atoms with E-state index in [9.17, 15) is 18.0 Å². The number of hydrogen-bond donors (Lipinski definition) is 0. The first-order valence-corrected chi connectivity index (χ1v) is 15.9. The zero-order chi connectivity index (χ0) is 32.2. The first-order valence-electron chi connectivity index (χ1n) is 13.9. The number of aromatic nitrogens is 4. The number of hydrogen-bond acceptors (Lipinski definition) is 7. The van der Waals surface area contributed by atoms with Gasteiger partial charge in [0.2, 0.25) is 11.7 Å². The molecule has 0 amide bonds. The van der Waals surface area contributed by atoms with E-state index in [-0.39, 0.29) is 40.8 Å². The second-order valence-electron chi connectivity index (χ2n) is 12.8. The average molecular weight is 624 g/mol. The van der Waals surface area contributed by atoms with Crippen molar-refractivity contribution in [3.05, 3.63) is 48.4 Å². The van der Waals surface area contributed by atoms with Gasteiger partial charge >= 0.3 is 12.1 Å². The van der Waals surface area contributed by atoms with E-state index in [2.05, 4.69) is 41.4 Å². The van der Waals surface area contributed by atoms with E-state index < -0.39 is 23.0 Å². The predicted molar refractivity (Wildman–Crippen MR) is 163 cm³/mol. The summed E-state index contributed by atoms with van der Waals surface area (Å²) in [5.41, 5.74) is 0.544. The van der Waals surface area contributed by atoms with E-state index in [1.54, 1.807) is 50.4 Å². The lowest BCUT2D eigenvalue weighted by molar-refractivity contribution is -0.167. The maximum absolute atomic E-state index is 13.7. The van der Waals surface area contributed by atoms with Crippen molar-refractivity contribution in [1.82, 2.24) is 19.7 Å². The molecule has 1 aromatic carbocycles. The van der Waals surface area contributed by atoms with Crippen LogP contribution in [0.1, 0.15) is 60.7 Å². The minimum Gasteiger partial charge on any atom is -0.476 e. The molecule has 3 rings (SSSR count). The van der Waals surface area contributed by atoms with Crippen molar-refractivity contribution in [2.45, 2.75) is 78.1 Å². The highest BCUT2D eigenvalue weighted by Gasteiger charge is 2.38. The molecule has 0 spiro atoms. The van der Waals surface area contributed by atoms with Crippen LogP contribution in [0.15, 0.2) is 42.6 Å². The quantitative estimate of drug-likeness (QED) is 0.125. The van der Waals surface area contributed by atoms with Gasteiger partial charge in [-0.25, -0.2) is 14.6 Å². The molecule has 2 aromatic heterocycles. The smallest absolute Gasteiger partial charge is 0.451 e. The van der Waals surface area contributed by atoms with Crippen molar-refractivity contribution < 1.29 is 32.2 Å². The Bertz CT molecular complexity index is 1360. The number of nitrogens with zero attached hydrogens (tertiary/aromatic N) is 4. The van der Waals surface area contributed by atoms with Gasteiger partial charge in [0.25, 0.3) is 0 Å². The molecule has 12 heteroatoms. The highest BCUT2D eigenvalue weighted by Crippen LogP contribution is 2.31. The van der Waals surface area contributed by atoms with Gasteiger partial charge in [-0.1, -0.05) is 24.3 Å². The summed E-state index contributed by atoms with van der Waals surface area (Å²) < 4.78 is 58.7. The molecule has 0 aliphatic carbocycles. The van der Waals surface area contributed by atoms with Crippen LogP contribution in [0.3, 0.4) is 0 Å². The third-order valence-corrected chi connectivity index (χ3v) is 9.25. The van der Waals surface area contributed by atoms with Crippen molar-refractivity contribution in [3.8, 4) is 28.4 Å². The largest absolute Gasteiger partial charge is 0.476 e. The van der Waals surface area contributed by atoms with Crippen molar-refractivity contribution in [1.29, 1.82) is 0 Å². The molecule has 0 aliphatic rings. The summed E-state index contributed by atoms with van der Waals surface area (Å²) >= 11 is 0. The fourth-order valence-corrected chi connectivity index (χ4v) is 4.11. The molecule has 0 radical (unpaired) electrons. The average Bonchev–Trinajstić information content (AvgIpc) is 3.34. The summed E-state index contributed by atoms with van der Waals surface area (Å²) in [7, 11) is 0.140. The number of carbonyl (C=O) groups excluding carboxylic acids is 1. The first kappa shape index (κ1) is 34.4. The highest BCUT2D eigenvalue weighted by molar-refractivity contribution is 7.96. The molecule has 0 fully saturated rings.